The summed E-state index contributed by atoms with van der Waals surface area (Å²) in [5.41, 5.74) is 1.16. The van der Waals surface area contributed by atoms with Crippen molar-refractivity contribution in [1.82, 2.24) is 9.80 Å². The fourth-order valence-electron chi connectivity index (χ4n) is 2.62. The lowest BCUT2D eigenvalue weighted by Crippen LogP contribution is -2.37. The predicted octanol–water partition coefficient (Wildman–Crippen LogP) is 1.92. The molecule has 2 aliphatic heterocycles. The first-order valence-electron chi connectivity index (χ1n) is 9.21. The van der Waals surface area contributed by atoms with Crippen LogP contribution in [0, 0.1) is 0 Å². The zero-order chi connectivity index (χ0) is 20.9. The molecule has 2 aliphatic rings. The smallest absolute Gasteiger partial charge is 0.410 e. The molecule has 2 amide bonds. The quantitative estimate of drug-likeness (QED) is 0.406. The third kappa shape index (κ3) is 7.42. The monoisotopic (exact) mass is 396 g/mol. The number of ether oxygens (including phenoxy) is 3. The number of amides is 2. The van der Waals surface area contributed by atoms with E-state index in [-0.39, 0.29) is 24.7 Å². The average Bonchev–Trinajstić information content (AvgIpc) is 2.74. The second-order valence-corrected chi connectivity index (χ2v) is 5.94. The molecule has 156 valence electrons. The molecule has 9 heteroatoms. The summed E-state index contributed by atoms with van der Waals surface area (Å²) in [6.07, 6.45) is 5.09. The molecule has 0 N–H and O–H groups in total. The molecule has 28 heavy (non-hydrogen) atoms. The van der Waals surface area contributed by atoms with Crippen LogP contribution in [-0.4, -0.2) is 80.7 Å². The number of esters is 1. The number of rotatable bonds is 4. The molecule has 0 aromatic heterocycles. The first-order chi connectivity index (χ1) is 13.5. The Morgan fingerprint density at radius 1 is 0.964 bits per heavy atom. The van der Waals surface area contributed by atoms with E-state index < -0.39 is 0 Å². The van der Waals surface area contributed by atoms with E-state index in [4.69, 9.17) is 9.47 Å². The number of carbonyl (C=O) groups is 4. The van der Waals surface area contributed by atoms with Crippen molar-refractivity contribution in [2.24, 2.45) is 0 Å². The molecular formula is C19H28N2O7. The third-order valence-corrected chi connectivity index (χ3v) is 3.98. The fourth-order valence-corrected chi connectivity index (χ4v) is 2.62. The van der Waals surface area contributed by atoms with Crippen molar-refractivity contribution in [2.45, 2.75) is 26.7 Å². The first-order valence-corrected chi connectivity index (χ1v) is 9.21. The fraction of sp³-hybridized carbons (Fsp3) is 0.579. The molecule has 9 nitrogen and oxygen atoms in total. The van der Waals surface area contributed by atoms with E-state index in [9.17, 15) is 19.2 Å². The Morgan fingerprint density at radius 2 is 1.50 bits per heavy atom. The minimum atomic E-state index is -0.385. The second kappa shape index (κ2) is 12.5. The van der Waals surface area contributed by atoms with Crippen molar-refractivity contribution in [3.05, 3.63) is 23.3 Å². The van der Waals surface area contributed by atoms with E-state index in [1.54, 1.807) is 19.9 Å². The molecule has 0 spiro atoms. The highest BCUT2D eigenvalue weighted by Gasteiger charge is 2.23. The van der Waals surface area contributed by atoms with Crippen LogP contribution in [0.25, 0.3) is 0 Å². The maximum Gasteiger partial charge on any atom is 0.410 e. The Balaban J connectivity index is 0.000000283. The van der Waals surface area contributed by atoms with Gasteiger partial charge in [0.2, 0.25) is 0 Å². The van der Waals surface area contributed by atoms with Crippen LogP contribution in [0.5, 0.6) is 0 Å². The van der Waals surface area contributed by atoms with Crippen LogP contribution in [0.15, 0.2) is 23.3 Å². The molecule has 0 atom stereocenters. The van der Waals surface area contributed by atoms with Crippen molar-refractivity contribution in [2.75, 3.05) is 46.5 Å². The Hall–Kier alpha value is -2.84. The number of carbonyl (C=O) groups excluding carboxylic acids is 4. The van der Waals surface area contributed by atoms with Gasteiger partial charge in [0.25, 0.3) is 0 Å². The first kappa shape index (κ1) is 23.2. The number of nitrogens with zero attached hydrogens (tertiary/aromatic N) is 2. The summed E-state index contributed by atoms with van der Waals surface area (Å²) in [4.78, 5) is 47.3. The summed E-state index contributed by atoms with van der Waals surface area (Å²) in [6.45, 7) is 6.09. The Labute approximate surface area is 164 Å². The molecule has 0 fully saturated rings. The molecule has 0 aromatic rings. The molecule has 0 aliphatic carbocycles. The summed E-state index contributed by atoms with van der Waals surface area (Å²) in [6, 6.07) is 0. The molecule has 0 saturated carbocycles. The molecule has 0 saturated heterocycles. The highest BCUT2D eigenvalue weighted by molar-refractivity contribution is 5.89. The standard InChI is InChI=1S/C10H15NO4.C9H13NO3/c1-3-15-10(13)11-6-4-5-8(7-11)9(12)14-2;1-2-13-9(12)10-5-3-4-8(6-10)7-11/h5H,3-4,6-7H2,1-2H3;4,7H,2-3,5-6H2,1H3. The van der Waals surface area contributed by atoms with Gasteiger partial charge in [-0.1, -0.05) is 12.2 Å². The van der Waals surface area contributed by atoms with Gasteiger partial charge >= 0.3 is 18.2 Å². The van der Waals surface area contributed by atoms with Gasteiger partial charge in [-0.15, -0.1) is 0 Å². The third-order valence-electron chi connectivity index (χ3n) is 3.98. The summed E-state index contributed by atoms with van der Waals surface area (Å²) in [5, 5.41) is 0. The van der Waals surface area contributed by atoms with Crippen LogP contribution in [-0.2, 0) is 23.8 Å². The highest BCUT2D eigenvalue weighted by Crippen LogP contribution is 2.12. The van der Waals surface area contributed by atoms with Gasteiger partial charge in [0.1, 0.15) is 6.29 Å². The number of aldehydes is 1. The second-order valence-electron chi connectivity index (χ2n) is 5.94. The summed E-state index contributed by atoms with van der Waals surface area (Å²) in [5.74, 6) is -0.385. The van der Waals surface area contributed by atoms with Gasteiger partial charge in [-0.2, -0.15) is 0 Å². The van der Waals surface area contributed by atoms with Crippen LogP contribution in [0.1, 0.15) is 26.7 Å². The van der Waals surface area contributed by atoms with Crippen LogP contribution in [0.3, 0.4) is 0 Å². The molecule has 2 rings (SSSR count). The summed E-state index contributed by atoms with van der Waals surface area (Å²) >= 11 is 0. The highest BCUT2D eigenvalue weighted by atomic mass is 16.6. The van der Waals surface area contributed by atoms with Crippen molar-refractivity contribution in [1.29, 1.82) is 0 Å². The Kier molecular flexibility index (Phi) is 10.4. The van der Waals surface area contributed by atoms with Gasteiger partial charge in [-0.05, 0) is 26.7 Å². The molecule has 2 heterocycles. The summed E-state index contributed by atoms with van der Waals surface area (Å²) < 4.78 is 14.3. The van der Waals surface area contributed by atoms with E-state index in [1.165, 1.54) is 16.9 Å². The minimum absolute atomic E-state index is 0.269. The van der Waals surface area contributed by atoms with Gasteiger partial charge in [0.15, 0.2) is 0 Å². The van der Waals surface area contributed by atoms with Gasteiger partial charge in [0.05, 0.1) is 39.0 Å². The van der Waals surface area contributed by atoms with E-state index >= 15 is 0 Å². The number of hydrogen-bond acceptors (Lipinski definition) is 7. The van der Waals surface area contributed by atoms with Gasteiger partial charge in [-0.3, -0.25) is 4.79 Å². The van der Waals surface area contributed by atoms with Crippen molar-refractivity contribution < 1.29 is 33.4 Å². The van der Waals surface area contributed by atoms with Gasteiger partial charge in [0, 0.05) is 18.7 Å². The molecule has 0 unspecified atom stereocenters. The van der Waals surface area contributed by atoms with Crippen molar-refractivity contribution in [3.8, 4) is 0 Å². The molecule has 0 radical (unpaired) electrons. The molecule has 0 aromatic carbocycles. The predicted molar refractivity (Wildman–Crippen MR) is 101 cm³/mol. The van der Waals surface area contributed by atoms with Crippen molar-refractivity contribution in [3.63, 3.8) is 0 Å². The SMILES string of the molecule is CCOC(=O)N1CCC=C(C(=O)OC)C1.CCOC(=O)N1CCC=C(C=O)C1. The van der Waals surface area contributed by atoms with E-state index in [2.05, 4.69) is 4.74 Å². The largest absolute Gasteiger partial charge is 0.466 e. The lowest BCUT2D eigenvalue weighted by molar-refractivity contribution is -0.136. The van der Waals surface area contributed by atoms with Gasteiger partial charge in [-0.25, -0.2) is 14.4 Å². The molecular weight excluding hydrogens is 368 g/mol. The van der Waals surface area contributed by atoms with E-state index in [0.717, 1.165) is 12.7 Å². The zero-order valence-corrected chi connectivity index (χ0v) is 16.6. The van der Waals surface area contributed by atoms with Crippen molar-refractivity contribution >= 4 is 24.4 Å². The maximum absolute atomic E-state index is 11.4. The summed E-state index contributed by atoms with van der Waals surface area (Å²) in [7, 11) is 1.33. The average molecular weight is 396 g/mol. The Bertz CT molecular complexity index is 628. The Morgan fingerprint density at radius 3 is 2.00 bits per heavy atom. The van der Waals surface area contributed by atoms with Crippen LogP contribution >= 0.6 is 0 Å². The topological polar surface area (TPSA) is 102 Å². The molecule has 0 bridgehead atoms. The minimum Gasteiger partial charge on any atom is -0.466 e. The van der Waals surface area contributed by atoms with Crippen LogP contribution in [0.2, 0.25) is 0 Å². The van der Waals surface area contributed by atoms with Crippen LogP contribution in [0.4, 0.5) is 9.59 Å². The zero-order valence-electron chi connectivity index (χ0n) is 16.6. The van der Waals surface area contributed by atoms with Gasteiger partial charge < -0.3 is 24.0 Å². The van der Waals surface area contributed by atoms with E-state index in [0.29, 0.717) is 50.4 Å². The normalized spacial score (nSPS) is 16.0. The number of methoxy groups -OCH3 is 1. The maximum atomic E-state index is 11.4. The van der Waals surface area contributed by atoms with E-state index in [1.807, 2.05) is 6.08 Å². The lowest BCUT2D eigenvalue weighted by Gasteiger charge is -2.25. The lowest BCUT2D eigenvalue weighted by atomic mass is 10.1. The van der Waals surface area contributed by atoms with Crippen LogP contribution < -0.4 is 0 Å². The number of hydrogen-bond donors (Lipinski definition) is 0.